The summed E-state index contributed by atoms with van der Waals surface area (Å²) in [6, 6.07) is 7.51. The molecule has 0 radical (unpaired) electrons. The molecule has 0 amide bonds. The maximum Gasteiger partial charge on any atom is 0.235 e. The minimum Gasteiger partial charge on any atom is -0.283 e. The van der Waals surface area contributed by atoms with Gasteiger partial charge in [0.25, 0.3) is 0 Å². The largest absolute Gasteiger partial charge is 0.283 e. The van der Waals surface area contributed by atoms with E-state index in [1.165, 1.54) is 0 Å². The second-order valence-electron chi connectivity index (χ2n) is 5.69. The average Bonchev–Trinajstić information content (AvgIpc) is 3.26. The van der Waals surface area contributed by atoms with Gasteiger partial charge in [0.2, 0.25) is 10.0 Å². The fraction of sp³-hybridized carbons (Fsp3) is 0.312. The van der Waals surface area contributed by atoms with Crippen LogP contribution in [0.3, 0.4) is 0 Å². The summed E-state index contributed by atoms with van der Waals surface area (Å²) in [5.41, 5.74) is 1.27. The standard InChI is InChI=1S/C16H18N2O2S/c1-16(9-2-3-10-17-12-16)13-5-4-6-14(11-13)18-21(19,20)15-7-8-15/h2-6,9-12,15,18H,7-8H2,1H3. The summed E-state index contributed by atoms with van der Waals surface area (Å²) < 4.78 is 26.7. The summed E-state index contributed by atoms with van der Waals surface area (Å²) in [6.07, 6.45) is 11.0. The third-order valence-electron chi connectivity index (χ3n) is 3.78. The van der Waals surface area contributed by atoms with E-state index < -0.39 is 10.0 Å². The van der Waals surface area contributed by atoms with Gasteiger partial charge in [-0.25, -0.2) is 8.42 Å². The summed E-state index contributed by atoms with van der Waals surface area (Å²) in [7, 11) is -3.23. The molecule has 0 aromatic heterocycles. The zero-order valence-electron chi connectivity index (χ0n) is 11.9. The van der Waals surface area contributed by atoms with Gasteiger partial charge in [-0.05, 0) is 43.5 Å². The summed E-state index contributed by atoms with van der Waals surface area (Å²) in [4.78, 5) is 4.24. The number of aliphatic imine (C=N–C) groups is 1. The molecule has 0 spiro atoms. The van der Waals surface area contributed by atoms with Gasteiger partial charge >= 0.3 is 0 Å². The first-order valence-electron chi connectivity index (χ1n) is 7.00. The highest BCUT2D eigenvalue weighted by Crippen LogP contribution is 2.31. The van der Waals surface area contributed by atoms with Gasteiger partial charge in [-0.15, -0.1) is 0 Å². The maximum atomic E-state index is 12.0. The first-order chi connectivity index (χ1) is 10.00. The van der Waals surface area contributed by atoms with E-state index in [0.717, 1.165) is 18.4 Å². The smallest absolute Gasteiger partial charge is 0.235 e. The van der Waals surface area contributed by atoms with E-state index in [2.05, 4.69) is 22.7 Å². The van der Waals surface area contributed by atoms with Crippen LogP contribution in [0.1, 0.15) is 25.3 Å². The summed E-state index contributed by atoms with van der Waals surface area (Å²) in [5.74, 6) is 0. The second-order valence-corrected chi connectivity index (χ2v) is 7.65. The highest BCUT2D eigenvalue weighted by Gasteiger charge is 2.35. The molecule has 1 aliphatic heterocycles. The van der Waals surface area contributed by atoms with Crippen molar-refractivity contribution in [2.45, 2.75) is 30.4 Å². The highest BCUT2D eigenvalue weighted by molar-refractivity contribution is 7.93. The van der Waals surface area contributed by atoms with Crippen LogP contribution in [0.4, 0.5) is 5.69 Å². The molecule has 1 aliphatic carbocycles. The van der Waals surface area contributed by atoms with Gasteiger partial charge in [0.15, 0.2) is 0 Å². The fourth-order valence-corrected chi connectivity index (χ4v) is 3.69. The number of nitrogens with zero attached hydrogens (tertiary/aromatic N) is 1. The normalized spacial score (nSPS) is 24.8. The zero-order chi connectivity index (χ0) is 14.9. The van der Waals surface area contributed by atoms with E-state index in [0.29, 0.717) is 5.69 Å². The van der Waals surface area contributed by atoms with Crippen LogP contribution in [-0.2, 0) is 15.4 Å². The topological polar surface area (TPSA) is 58.5 Å². The van der Waals surface area contributed by atoms with E-state index in [1.54, 1.807) is 12.3 Å². The van der Waals surface area contributed by atoms with E-state index in [9.17, 15) is 8.42 Å². The van der Waals surface area contributed by atoms with E-state index in [1.807, 2.05) is 36.6 Å². The number of allylic oxidation sites excluding steroid dienone is 3. The minimum absolute atomic E-state index is 0.222. The fourth-order valence-electron chi connectivity index (χ4n) is 2.31. The van der Waals surface area contributed by atoms with Crippen molar-refractivity contribution in [3.05, 3.63) is 54.3 Å². The van der Waals surface area contributed by atoms with Crippen LogP contribution in [-0.4, -0.2) is 19.9 Å². The van der Waals surface area contributed by atoms with Crippen LogP contribution in [0.25, 0.3) is 0 Å². The van der Waals surface area contributed by atoms with Gasteiger partial charge in [-0.3, -0.25) is 9.71 Å². The number of hydrogen-bond donors (Lipinski definition) is 1. The Morgan fingerprint density at radius 2 is 2.10 bits per heavy atom. The molecule has 1 N–H and O–H groups in total. The maximum absolute atomic E-state index is 12.0. The molecule has 1 fully saturated rings. The Bertz CT molecular complexity index is 712. The molecule has 0 bridgehead atoms. The Hall–Kier alpha value is -1.88. The van der Waals surface area contributed by atoms with Crippen molar-refractivity contribution in [2.75, 3.05) is 4.72 Å². The Labute approximate surface area is 125 Å². The Morgan fingerprint density at radius 3 is 2.86 bits per heavy atom. The third-order valence-corrected chi connectivity index (χ3v) is 5.65. The Morgan fingerprint density at radius 1 is 1.29 bits per heavy atom. The summed E-state index contributed by atoms with van der Waals surface area (Å²) in [6.45, 7) is 2.05. The van der Waals surface area contributed by atoms with Crippen LogP contribution in [0.5, 0.6) is 0 Å². The molecule has 1 aromatic carbocycles. The number of benzene rings is 1. The van der Waals surface area contributed by atoms with Crippen LogP contribution in [0, 0.1) is 0 Å². The lowest BCUT2D eigenvalue weighted by atomic mass is 9.83. The van der Waals surface area contributed by atoms with Crippen LogP contribution in [0.15, 0.2) is 53.7 Å². The highest BCUT2D eigenvalue weighted by atomic mass is 32.2. The van der Waals surface area contributed by atoms with Crippen molar-refractivity contribution < 1.29 is 8.42 Å². The van der Waals surface area contributed by atoms with Gasteiger partial charge < -0.3 is 0 Å². The molecule has 2 aliphatic rings. The predicted octanol–water partition coefficient (Wildman–Crippen LogP) is 3.00. The number of sulfonamides is 1. The van der Waals surface area contributed by atoms with Crippen molar-refractivity contribution in [1.29, 1.82) is 0 Å². The first-order valence-corrected chi connectivity index (χ1v) is 8.55. The lowest BCUT2D eigenvalue weighted by Crippen LogP contribution is -2.22. The molecule has 1 heterocycles. The van der Waals surface area contributed by atoms with Crippen molar-refractivity contribution in [2.24, 2.45) is 4.99 Å². The van der Waals surface area contributed by atoms with Crippen LogP contribution >= 0.6 is 0 Å². The quantitative estimate of drug-likeness (QED) is 0.929. The predicted molar refractivity (Wildman–Crippen MR) is 86.1 cm³/mol. The van der Waals surface area contributed by atoms with E-state index in [4.69, 9.17) is 0 Å². The van der Waals surface area contributed by atoms with E-state index in [-0.39, 0.29) is 10.7 Å². The Kier molecular flexibility index (Phi) is 3.45. The molecule has 1 saturated carbocycles. The molecule has 3 rings (SSSR count). The zero-order valence-corrected chi connectivity index (χ0v) is 12.7. The van der Waals surface area contributed by atoms with Crippen molar-refractivity contribution in [3.8, 4) is 0 Å². The van der Waals surface area contributed by atoms with Crippen molar-refractivity contribution in [3.63, 3.8) is 0 Å². The molecular weight excluding hydrogens is 284 g/mol. The van der Waals surface area contributed by atoms with Crippen LogP contribution in [0.2, 0.25) is 0 Å². The van der Waals surface area contributed by atoms with E-state index >= 15 is 0 Å². The third kappa shape index (κ3) is 3.08. The molecule has 1 atom stereocenters. The number of hydrogen-bond acceptors (Lipinski definition) is 3. The average molecular weight is 302 g/mol. The van der Waals surface area contributed by atoms with Gasteiger partial charge in [-0.1, -0.05) is 24.3 Å². The SMILES string of the molecule is CC1(c2cccc(NS(=O)(=O)C3CC3)c2)C=CC=CN=C1. The lowest BCUT2D eigenvalue weighted by Gasteiger charge is -2.22. The van der Waals surface area contributed by atoms with Gasteiger partial charge in [-0.2, -0.15) is 0 Å². The molecule has 1 unspecified atom stereocenters. The molecule has 5 heteroatoms. The number of nitrogens with one attached hydrogen (secondary N) is 1. The monoisotopic (exact) mass is 302 g/mol. The lowest BCUT2D eigenvalue weighted by molar-refractivity contribution is 0.600. The molecule has 110 valence electrons. The van der Waals surface area contributed by atoms with Gasteiger partial charge in [0.05, 0.1) is 5.25 Å². The molecule has 21 heavy (non-hydrogen) atoms. The second kappa shape index (κ2) is 5.15. The number of rotatable bonds is 4. The summed E-state index contributed by atoms with van der Waals surface area (Å²) in [5, 5.41) is -0.222. The molecular formula is C16H18N2O2S. The van der Waals surface area contributed by atoms with Crippen molar-refractivity contribution >= 4 is 21.9 Å². The van der Waals surface area contributed by atoms with Crippen LogP contribution < -0.4 is 4.72 Å². The van der Waals surface area contributed by atoms with Crippen molar-refractivity contribution in [1.82, 2.24) is 0 Å². The molecule has 0 saturated heterocycles. The minimum atomic E-state index is -3.23. The van der Waals surface area contributed by atoms with Gasteiger partial charge in [0, 0.05) is 23.5 Å². The summed E-state index contributed by atoms with van der Waals surface area (Å²) >= 11 is 0. The molecule has 1 aromatic rings. The number of anilines is 1. The van der Waals surface area contributed by atoms with Gasteiger partial charge in [0.1, 0.15) is 0 Å². The first kappa shape index (κ1) is 14.1. The Balaban J connectivity index is 1.89. The molecule has 4 nitrogen and oxygen atoms in total.